The lowest BCUT2D eigenvalue weighted by Gasteiger charge is -2.36. The summed E-state index contributed by atoms with van der Waals surface area (Å²) in [5.41, 5.74) is 1.01. The highest BCUT2D eigenvalue weighted by Gasteiger charge is 2.34. The second kappa shape index (κ2) is 7.09. The highest BCUT2D eigenvalue weighted by molar-refractivity contribution is 5.74. The SMILES string of the molecule is O=C(N[C@H](c1ccccn1)C1CCCC1)N1CCN(C2CC2)CC1. The van der Waals surface area contributed by atoms with E-state index in [1.54, 1.807) is 0 Å². The Balaban J connectivity index is 1.39. The number of hydrogen-bond acceptors (Lipinski definition) is 3. The van der Waals surface area contributed by atoms with Crippen LogP contribution in [0.25, 0.3) is 0 Å². The minimum Gasteiger partial charge on any atom is -0.329 e. The molecule has 1 N–H and O–H groups in total. The molecule has 0 radical (unpaired) electrons. The monoisotopic (exact) mass is 328 g/mol. The summed E-state index contributed by atoms with van der Waals surface area (Å²) >= 11 is 0. The summed E-state index contributed by atoms with van der Waals surface area (Å²) < 4.78 is 0. The number of amides is 2. The van der Waals surface area contributed by atoms with Gasteiger partial charge in [-0.2, -0.15) is 0 Å². The number of nitrogens with zero attached hydrogens (tertiary/aromatic N) is 3. The van der Waals surface area contributed by atoms with Gasteiger partial charge in [-0.05, 0) is 43.7 Å². The van der Waals surface area contributed by atoms with Gasteiger partial charge in [0.1, 0.15) is 0 Å². The lowest BCUT2D eigenvalue weighted by atomic mass is 9.95. The molecule has 1 aromatic rings. The van der Waals surface area contributed by atoms with Crippen LogP contribution in [0.4, 0.5) is 4.79 Å². The van der Waals surface area contributed by atoms with Crippen molar-refractivity contribution in [3.8, 4) is 0 Å². The number of nitrogens with one attached hydrogen (secondary N) is 1. The number of carbonyl (C=O) groups excluding carboxylic acids is 1. The van der Waals surface area contributed by atoms with Gasteiger partial charge in [0.05, 0.1) is 11.7 Å². The first-order valence-corrected chi connectivity index (χ1v) is 9.51. The number of hydrogen-bond donors (Lipinski definition) is 1. The van der Waals surface area contributed by atoms with Crippen molar-refractivity contribution in [2.75, 3.05) is 26.2 Å². The molecule has 2 saturated carbocycles. The fraction of sp³-hybridized carbons (Fsp3) is 0.684. The lowest BCUT2D eigenvalue weighted by Crippen LogP contribution is -2.53. The highest BCUT2D eigenvalue weighted by atomic mass is 16.2. The molecule has 1 aliphatic heterocycles. The third kappa shape index (κ3) is 3.56. The molecule has 2 aliphatic carbocycles. The van der Waals surface area contributed by atoms with Gasteiger partial charge in [0, 0.05) is 38.4 Å². The van der Waals surface area contributed by atoms with E-state index < -0.39 is 0 Å². The second-order valence-corrected chi connectivity index (χ2v) is 7.48. The van der Waals surface area contributed by atoms with Gasteiger partial charge < -0.3 is 10.2 Å². The van der Waals surface area contributed by atoms with Gasteiger partial charge in [0.2, 0.25) is 0 Å². The van der Waals surface area contributed by atoms with Crippen LogP contribution in [0.2, 0.25) is 0 Å². The fourth-order valence-corrected chi connectivity index (χ4v) is 4.24. The van der Waals surface area contributed by atoms with Gasteiger partial charge in [-0.3, -0.25) is 9.88 Å². The zero-order chi connectivity index (χ0) is 16.4. The number of rotatable bonds is 4. The summed E-state index contributed by atoms with van der Waals surface area (Å²) in [6.07, 6.45) is 9.44. The van der Waals surface area contributed by atoms with Gasteiger partial charge in [0.25, 0.3) is 0 Å². The van der Waals surface area contributed by atoms with E-state index in [0.717, 1.165) is 37.9 Å². The Morgan fingerprint density at radius 3 is 2.46 bits per heavy atom. The number of carbonyl (C=O) groups is 1. The highest BCUT2D eigenvalue weighted by Crippen LogP contribution is 2.35. The molecule has 0 spiro atoms. The van der Waals surface area contributed by atoms with Crippen LogP contribution >= 0.6 is 0 Å². The lowest BCUT2D eigenvalue weighted by molar-refractivity contribution is 0.130. The Bertz CT molecular complexity index is 546. The summed E-state index contributed by atoms with van der Waals surface area (Å²) in [5, 5.41) is 3.31. The molecule has 3 aliphatic rings. The first kappa shape index (κ1) is 15.9. The molecule has 5 heteroatoms. The van der Waals surface area contributed by atoms with Crippen LogP contribution in [0.15, 0.2) is 24.4 Å². The van der Waals surface area contributed by atoms with E-state index in [4.69, 9.17) is 0 Å². The van der Waals surface area contributed by atoms with E-state index in [1.807, 2.05) is 29.3 Å². The number of pyridine rings is 1. The van der Waals surface area contributed by atoms with Crippen molar-refractivity contribution in [2.45, 2.75) is 50.6 Å². The smallest absolute Gasteiger partial charge is 0.318 e. The maximum atomic E-state index is 12.8. The van der Waals surface area contributed by atoms with Gasteiger partial charge in [-0.15, -0.1) is 0 Å². The van der Waals surface area contributed by atoms with Crippen LogP contribution < -0.4 is 5.32 Å². The largest absolute Gasteiger partial charge is 0.329 e. The van der Waals surface area contributed by atoms with E-state index in [-0.39, 0.29) is 12.1 Å². The van der Waals surface area contributed by atoms with Gasteiger partial charge >= 0.3 is 6.03 Å². The van der Waals surface area contributed by atoms with Crippen molar-refractivity contribution in [3.63, 3.8) is 0 Å². The molecule has 1 atom stereocenters. The van der Waals surface area contributed by atoms with Crippen LogP contribution in [-0.2, 0) is 0 Å². The molecule has 0 aromatic carbocycles. The summed E-state index contributed by atoms with van der Waals surface area (Å²) in [4.78, 5) is 21.9. The van der Waals surface area contributed by atoms with Crippen molar-refractivity contribution >= 4 is 6.03 Å². The number of aromatic nitrogens is 1. The topological polar surface area (TPSA) is 48.5 Å². The van der Waals surface area contributed by atoms with E-state index in [1.165, 1.54) is 38.5 Å². The van der Waals surface area contributed by atoms with Crippen LogP contribution in [0.1, 0.15) is 50.3 Å². The van der Waals surface area contributed by atoms with Crippen molar-refractivity contribution in [3.05, 3.63) is 30.1 Å². The van der Waals surface area contributed by atoms with Gasteiger partial charge in [-0.25, -0.2) is 4.79 Å². The molecule has 4 rings (SSSR count). The number of piperazine rings is 1. The molecular formula is C19H28N4O. The molecule has 0 unspecified atom stereocenters. The Morgan fingerprint density at radius 2 is 1.83 bits per heavy atom. The van der Waals surface area contributed by atoms with Gasteiger partial charge in [0.15, 0.2) is 0 Å². The van der Waals surface area contributed by atoms with Crippen molar-refractivity contribution in [1.29, 1.82) is 0 Å². The van der Waals surface area contributed by atoms with Crippen molar-refractivity contribution in [2.24, 2.45) is 5.92 Å². The predicted molar refractivity (Wildman–Crippen MR) is 93.6 cm³/mol. The Labute approximate surface area is 144 Å². The van der Waals surface area contributed by atoms with E-state index in [0.29, 0.717) is 5.92 Å². The average molecular weight is 328 g/mol. The first-order chi connectivity index (χ1) is 11.8. The van der Waals surface area contributed by atoms with Crippen molar-refractivity contribution in [1.82, 2.24) is 20.1 Å². The van der Waals surface area contributed by atoms with Crippen molar-refractivity contribution < 1.29 is 4.79 Å². The maximum absolute atomic E-state index is 12.8. The molecule has 3 fully saturated rings. The summed E-state index contributed by atoms with van der Waals surface area (Å²) in [7, 11) is 0. The molecule has 130 valence electrons. The third-order valence-corrected chi connectivity index (χ3v) is 5.82. The van der Waals surface area contributed by atoms with E-state index in [9.17, 15) is 4.79 Å². The summed E-state index contributed by atoms with van der Waals surface area (Å²) in [5.74, 6) is 0.525. The van der Waals surface area contributed by atoms with Crippen LogP contribution in [0.3, 0.4) is 0 Å². The van der Waals surface area contributed by atoms with E-state index >= 15 is 0 Å². The Kier molecular flexibility index (Phi) is 4.69. The van der Waals surface area contributed by atoms with Crippen LogP contribution in [0, 0.1) is 5.92 Å². The summed E-state index contributed by atoms with van der Waals surface area (Å²) in [6, 6.07) is 6.96. The minimum atomic E-state index is 0.0580. The molecule has 0 bridgehead atoms. The normalized spacial score (nSPS) is 24.1. The van der Waals surface area contributed by atoms with Crippen LogP contribution in [-0.4, -0.2) is 53.0 Å². The molecule has 2 amide bonds. The average Bonchev–Trinajstić information content (AvgIpc) is 3.35. The summed E-state index contributed by atoms with van der Waals surface area (Å²) in [6.45, 7) is 3.75. The van der Waals surface area contributed by atoms with E-state index in [2.05, 4.69) is 15.2 Å². The molecule has 1 aromatic heterocycles. The Morgan fingerprint density at radius 1 is 1.08 bits per heavy atom. The quantitative estimate of drug-likeness (QED) is 0.924. The molecule has 24 heavy (non-hydrogen) atoms. The third-order valence-electron chi connectivity index (χ3n) is 5.82. The van der Waals surface area contributed by atoms with Gasteiger partial charge in [-0.1, -0.05) is 18.9 Å². The minimum absolute atomic E-state index is 0.0580. The molecule has 1 saturated heterocycles. The molecular weight excluding hydrogens is 300 g/mol. The Hall–Kier alpha value is -1.62. The second-order valence-electron chi connectivity index (χ2n) is 7.48. The molecule has 5 nitrogen and oxygen atoms in total. The maximum Gasteiger partial charge on any atom is 0.318 e. The predicted octanol–water partition coefficient (Wildman–Crippen LogP) is 2.80. The number of urea groups is 1. The molecule has 2 heterocycles. The zero-order valence-corrected chi connectivity index (χ0v) is 14.4. The van der Waals surface area contributed by atoms with Crippen LogP contribution in [0.5, 0.6) is 0 Å². The zero-order valence-electron chi connectivity index (χ0n) is 14.4. The standard InChI is InChI=1S/C19H28N4O/c24-19(23-13-11-22(12-14-23)16-8-9-16)21-18(15-5-1-2-6-15)17-7-3-4-10-20-17/h3-4,7,10,15-16,18H,1-2,5-6,8-9,11-14H2,(H,21,24)/t18-/m0/s1. The first-order valence-electron chi connectivity index (χ1n) is 9.51. The fourth-order valence-electron chi connectivity index (χ4n) is 4.24.